The normalized spacial score (nSPS) is 29.0. The summed E-state index contributed by atoms with van der Waals surface area (Å²) in [6.45, 7) is 14.2. The Morgan fingerprint density at radius 1 is 1.09 bits per heavy atom. The molecule has 1 heterocycles. The lowest BCUT2D eigenvalue weighted by Crippen LogP contribution is -2.49. The maximum absolute atomic E-state index is 6.34. The van der Waals surface area contributed by atoms with Crippen LogP contribution in [0, 0.1) is 11.8 Å². The molecule has 2 rings (SSSR count). The van der Waals surface area contributed by atoms with Crippen LogP contribution in [0.3, 0.4) is 0 Å². The highest BCUT2D eigenvalue weighted by molar-refractivity contribution is 4.88. The van der Waals surface area contributed by atoms with Crippen molar-refractivity contribution in [3.05, 3.63) is 0 Å². The van der Waals surface area contributed by atoms with Gasteiger partial charge in [0.05, 0.1) is 12.2 Å². The Labute approximate surface area is 138 Å². The average molecular weight is 311 g/mol. The van der Waals surface area contributed by atoms with Crippen LogP contribution in [-0.4, -0.2) is 61.3 Å². The quantitative estimate of drug-likeness (QED) is 0.681. The first kappa shape index (κ1) is 18.2. The van der Waals surface area contributed by atoms with E-state index in [9.17, 15) is 0 Å². The van der Waals surface area contributed by atoms with Crippen LogP contribution in [0.5, 0.6) is 0 Å². The third-order valence-electron chi connectivity index (χ3n) is 5.53. The van der Waals surface area contributed by atoms with Crippen molar-refractivity contribution in [3.8, 4) is 0 Å². The number of piperidine rings is 1. The summed E-state index contributed by atoms with van der Waals surface area (Å²) in [6.07, 6.45) is 7.30. The van der Waals surface area contributed by atoms with Crippen molar-refractivity contribution < 1.29 is 4.74 Å². The van der Waals surface area contributed by atoms with E-state index in [4.69, 9.17) is 4.74 Å². The third kappa shape index (κ3) is 5.50. The summed E-state index contributed by atoms with van der Waals surface area (Å²) >= 11 is 0. The van der Waals surface area contributed by atoms with Gasteiger partial charge in [-0.25, -0.2) is 0 Å². The lowest BCUT2D eigenvalue weighted by Gasteiger charge is -2.44. The van der Waals surface area contributed by atoms with Crippen molar-refractivity contribution in [1.29, 1.82) is 0 Å². The van der Waals surface area contributed by atoms with Crippen LogP contribution in [0.1, 0.15) is 59.8 Å². The molecular weight excluding hydrogens is 272 g/mol. The molecule has 0 radical (unpaired) electrons. The molecule has 0 aromatic heterocycles. The van der Waals surface area contributed by atoms with E-state index in [2.05, 4.69) is 44.5 Å². The van der Waals surface area contributed by atoms with Gasteiger partial charge in [0.1, 0.15) is 0 Å². The Morgan fingerprint density at radius 3 is 2.27 bits per heavy atom. The Balaban J connectivity index is 1.59. The van der Waals surface area contributed by atoms with Crippen molar-refractivity contribution in [1.82, 2.24) is 9.80 Å². The number of likely N-dealkylation sites (tertiary alicyclic amines) is 1. The van der Waals surface area contributed by atoms with E-state index >= 15 is 0 Å². The summed E-state index contributed by atoms with van der Waals surface area (Å²) in [7, 11) is 2.29. The Bertz CT molecular complexity index is 307. The van der Waals surface area contributed by atoms with E-state index in [1.54, 1.807) is 0 Å². The number of hydrogen-bond donors (Lipinski definition) is 0. The maximum Gasteiger partial charge on any atom is 0.0608 e. The minimum atomic E-state index is 0.522. The second kappa shape index (κ2) is 8.65. The van der Waals surface area contributed by atoms with Crippen molar-refractivity contribution in [2.75, 3.05) is 33.2 Å². The Morgan fingerprint density at radius 2 is 1.73 bits per heavy atom. The number of hydrogen-bond acceptors (Lipinski definition) is 3. The van der Waals surface area contributed by atoms with Crippen LogP contribution >= 0.6 is 0 Å². The van der Waals surface area contributed by atoms with Gasteiger partial charge < -0.3 is 14.5 Å². The molecule has 0 spiro atoms. The summed E-state index contributed by atoms with van der Waals surface area (Å²) in [4.78, 5) is 5.16. The molecule has 130 valence electrons. The van der Waals surface area contributed by atoms with Gasteiger partial charge in [-0.05, 0) is 44.6 Å². The number of nitrogens with zero attached hydrogens (tertiary/aromatic N) is 2. The maximum atomic E-state index is 6.34. The second-order valence-electron chi connectivity index (χ2n) is 8.23. The molecule has 0 bridgehead atoms. The molecule has 0 aromatic carbocycles. The van der Waals surface area contributed by atoms with Crippen LogP contribution in [0.2, 0.25) is 0 Å². The highest BCUT2D eigenvalue weighted by atomic mass is 16.5. The summed E-state index contributed by atoms with van der Waals surface area (Å²) in [5.74, 6) is 1.60. The smallest absolute Gasteiger partial charge is 0.0608 e. The predicted molar refractivity (Wildman–Crippen MR) is 94.3 cm³/mol. The van der Waals surface area contributed by atoms with Crippen molar-refractivity contribution >= 4 is 0 Å². The molecule has 1 atom stereocenters. The zero-order valence-electron chi connectivity index (χ0n) is 15.6. The first-order chi connectivity index (χ1) is 10.5. The standard InChI is InChI=1S/C19H38N2O/c1-6-16(4)14-20(5)17-11-19(12-17)22-18-7-9-21(10-8-18)13-15(2)3/h15-19H,6-14H2,1-5H3/t16-,17?,19?/m1/s1. The largest absolute Gasteiger partial charge is 0.375 e. The molecule has 0 N–H and O–H groups in total. The van der Waals surface area contributed by atoms with Gasteiger partial charge in [0.2, 0.25) is 0 Å². The van der Waals surface area contributed by atoms with Gasteiger partial charge >= 0.3 is 0 Å². The SMILES string of the molecule is CC[C@@H](C)CN(C)C1CC(OC2CCN(CC(C)C)CC2)C1. The van der Waals surface area contributed by atoms with Gasteiger partial charge in [-0.15, -0.1) is 0 Å². The molecule has 0 aromatic rings. The summed E-state index contributed by atoms with van der Waals surface area (Å²) < 4.78 is 6.34. The molecule has 22 heavy (non-hydrogen) atoms. The van der Waals surface area contributed by atoms with Crippen molar-refractivity contribution in [3.63, 3.8) is 0 Å². The molecule has 1 saturated heterocycles. The van der Waals surface area contributed by atoms with E-state index in [-0.39, 0.29) is 0 Å². The third-order valence-corrected chi connectivity index (χ3v) is 5.53. The molecular formula is C19H38N2O. The highest BCUT2D eigenvalue weighted by Crippen LogP contribution is 2.31. The van der Waals surface area contributed by atoms with Crippen LogP contribution in [0.15, 0.2) is 0 Å². The zero-order chi connectivity index (χ0) is 16.1. The van der Waals surface area contributed by atoms with Crippen LogP contribution in [0.25, 0.3) is 0 Å². The van der Waals surface area contributed by atoms with Gasteiger partial charge in [0.25, 0.3) is 0 Å². The van der Waals surface area contributed by atoms with E-state index in [1.165, 1.54) is 58.3 Å². The molecule has 2 aliphatic rings. The van der Waals surface area contributed by atoms with Crippen LogP contribution in [-0.2, 0) is 4.74 Å². The van der Waals surface area contributed by atoms with Gasteiger partial charge in [0, 0.05) is 32.2 Å². The van der Waals surface area contributed by atoms with E-state index in [0.717, 1.165) is 17.9 Å². The minimum absolute atomic E-state index is 0.522. The molecule has 2 fully saturated rings. The lowest BCUT2D eigenvalue weighted by atomic mass is 9.87. The predicted octanol–water partition coefficient (Wildman–Crippen LogP) is 3.63. The van der Waals surface area contributed by atoms with Gasteiger partial charge in [-0.2, -0.15) is 0 Å². The lowest BCUT2D eigenvalue weighted by molar-refractivity contribution is -0.102. The van der Waals surface area contributed by atoms with Crippen molar-refractivity contribution in [2.45, 2.75) is 78.0 Å². The number of ether oxygens (including phenoxy) is 1. The van der Waals surface area contributed by atoms with Gasteiger partial charge in [0.15, 0.2) is 0 Å². The monoisotopic (exact) mass is 310 g/mol. The zero-order valence-corrected chi connectivity index (χ0v) is 15.6. The topological polar surface area (TPSA) is 15.7 Å². The van der Waals surface area contributed by atoms with E-state index in [1.807, 2.05) is 0 Å². The van der Waals surface area contributed by atoms with E-state index in [0.29, 0.717) is 12.2 Å². The van der Waals surface area contributed by atoms with Gasteiger partial charge in [-0.3, -0.25) is 0 Å². The summed E-state index contributed by atoms with van der Waals surface area (Å²) in [5.41, 5.74) is 0. The molecule has 3 nitrogen and oxygen atoms in total. The first-order valence-electron chi connectivity index (χ1n) is 9.56. The van der Waals surface area contributed by atoms with Crippen LogP contribution in [0.4, 0.5) is 0 Å². The van der Waals surface area contributed by atoms with Gasteiger partial charge in [-0.1, -0.05) is 34.1 Å². The van der Waals surface area contributed by atoms with Crippen molar-refractivity contribution in [2.24, 2.45) is 11.8 Å². The first-order valence-corrected chi connectivity index (χ1v) is 9.56. The molecule has 3 heteroatoms. The molecule has 1 saturated carbocycles. The fraction of sp³-hybridized carbons (Fsp3) is 1.00. The number of rotatable bonds is 8. The fourth-order valence-corrected chi connectivity index (χ4v) is 3.80. The average Bonchev–Trinajstić information content (AvgIpc) is 2.43. The second-order valence-corrected chi connectivity index (χ2v) is 8.23. The summed E-state index contributed by atoms with van der Waals surface area (Å²) in [6, 6.07) is 0.764. The summed E-state index contributed by atoms with van der Waals surface area (Å²) in [5, 5.41) is 0. The molecule has 1 aliphatic heterocycles. The molecule has 1 aliphatic carbocycles. The Hall–Kier alpha value is -0.120. The molecule has 0 unspecified atom stereocenters. The highest BCUT2D eigenvalue weighted by Gasteiger charge is 2.35. The molecule has 0 amide bonds. The van der Waals surface area contributed by atoms with E-state index < -0.39 is 0 Å². The minimum Gasteiger partial charge on any atom is -0.375 e. The Kier molecular flexibility index (Phi) is 7.17. The van der Waals surface area contributed by atoms with Crippen LogP contribution < -0.4 is 0 Å². The fourth-order valence-electron chi connectivity index (χ4n) is 3.80.